The SMILES string of the molecule is CC(C)CC1(C(=O)NCC2(CBr)CCCCC2)CCCC1. The smallest absolute Gasteiger partial charge is 0.226 e. The monoisotopic (exact) mass is 357 g/mol. The van der Waals surface area contributed by atoms with Gasteiger partial charge in [0.1, 0.15) is 0 Å². The standard InChI is InChI=1S/C18H32BrNO/c1-15(2)12-18(10-6-7-11-18)16(21)20-14-17(13-19)8-4-3-5-9-17/h15H,3-14H2,1-2H3,(H,20,21). The third-order valence-electron chi connectivity index (χ3n) is 5.66. The largest absolute Gasteiger partial charge is 0.355 e. The maximum atomic E-state index is 12.9. The lowest BCUT2D eigenvalue weighted by molar-refractivity contribution is -0.132. The zero-order valence-corrected chi connectivity index (χ0v) is 15.4. The van der Waals surface area contributed by atoms with Gasteiger partial charge in [-0.25, -0.2) is 0 Å². The fraction of sp³-hybridized carbons (Fsp3) is 0.944. The molecule has 2 saturated carbocycles. The molecule has 2 aliphatic rings. The highest BCUT2D eigenvalue weighted by Crippen LogP contribution is 2.44. The van der Waals surface area contributed by atoms with Gasteiger partial charge < -0.3 is 5.32 Å². The first-order chi connectivity index (χ1) is 10.0. The molecule has 1 amide bonds. The second-order valence-corrected chi connectivity index (χ2v) is 8.52. The van der Waals surface area contributed by atoms with E-state index in [1.165, 1.54) is 44.9 Å². The minimum atomic E-state index is -0.0592. The van der Waals surface area contributed by atoms with Crippen molar-refractivity contribution in [1.29, 1.82) is 0 Å². The molecular weight excluding hydrogens is 326 g/mol. The molecule has 2 aliphatic carbocycles. The Morgan fingerprint density at radius 2 is 1.62 bits per heavy atom. The van der Waals surface area contributed by atoms with Crippen LogP contribution in [0.1, 0.15) is 78.1 Å². The number of rotatable bonds is 6. The van der Waals surface area contributed by atoms with Crippen LogP contribution in [0.25, 0.3) is 0 Å². The zero-order valence-electron chi connectivity index (χ0n) is 13.8. The van der Waals surface area contributed by atoms with Gasteiger partial charge in [0, 0.05) is 17.3 Å². The molecule has 2 rings (SSSR count). The molecule has 2 fully saturated rings. The quantitative estimate of drug-likeness (QED) is 0.661. The number of amides is 1. The van der Waals surface area contributed by atoms with Crippen LogP contribution in [0.2, 0.25) is 0 Å². The average molecular weight is 358 g/mol. The predicted octanol–water partition coefficient (Wildman–Crippen LogP) is 5.05. The van der Waals surface area contributed by atoms with Crippen LogP contribution in [-0.4, -0.2) is 17.8 Å². The molecule has 0 aromatic heterocycles. The summed E-state index contributed by atoms with van der Waals surface area (Å²) in [6, 6.07) is 0. The minimum absolute atomic E-state index is 0.0592. The van der Waals surface area contributed by atoms with Crippen molar-refractivity contribution in [2.24, 2.45) is 16.7 Å². The molecule has 0 saturated heterocycles. The molecule has 122 valence electrons. The van der Waals surface area contributed by atoms with Crippen LogP contribution in [0.5, 0.6) is 0 Å². The number of halogens is 1. The summed E-state index contributed by atoms with van der Waals surface area (Å²) in [4.78, 5) is 12.9. The summed E-state index contributed by atoms with van der Waals surface area (Å²) in [5, 5.41) is 4.39. The van der Waals surface area contributed by atoms with Crippen LogP contribution in [0.3, 0.4) is 0 Å². The van der Waals surface area contributed by atoms with Crippen molar-refractivity contribution in [2.45, 2.75) is 78.1 Å². The Bertz CT molecular complexity index is 341. The number of carbonyl (C=O) groups is 1. The second-order valence-electron chi connectivity index (χ2n) is 7.96. The van der Waals surface area contributed by atoms with Crippen LogP contribution in [-0.2, 0) is 4.79 Å². The number of nitrogens with one attached hydrogen (secondary N) is 1. The molecule has 0 unspecified atom stereocenters. The number of hydrogen-bond acceptors (Lipinski definition) is 1. The summed E-state index contributed by atoms with van der Waals surface area (Å²) in [7, 11) is 0. The number of carbonyl (C=O) groups excluding carboxylic acids is 1. The molecular formula is C18H32BrNO. The van der Waals surface area contributed by atoms with E-state index in [0.29, 0.717) is 17.2 Å². The first kappa shape index (κ1) is 17.3. The number of alkyl halides is 1. The van der Waals surface area contributed by atoms with Crippen molar-refractivity contribution in [1.82, 2.24) is 5.32 Å². The maximum absolute atomic E-state index is 12.9. The van der Waals surface area contributed by atoms with Crippen molar-refractivity contribution in [3.05, 3.63) is 0 Å². The predicted molar refractivity (Wildman–Crippen MR) is 92.7 cm³/mol. The van der Waals surface area contributed by atoms with E-state index < -0.39 is 0 Å². The Hall–Kier alpha value is -0.0500. The average Bonchev–Trinajstić information content (AvgIpc) is 2.94. The Labute approximate surface area is 139 Å². The Balaban J connectivity index is 1.95. The lowest BCUT2D eigenvalue weighted by atomic mass is 9.74. The van der Waals surface area contributed by atoms with Crippen molar-refractivity contribution in [3.63, 3.8) is 0 Å². The van der Waals surface area contributed by atoms with Gasteiger partial charge >= 0.3 is 0 Å². The molecule has 0 radical (unpaired) electrons. The highest BCUT2D eigenvalue weighted by atomic mass is 79.9. The molecule has 0 aliphatic heterocycles. The van der Waals surface area contributed by atoms with Crippen molar-refractivity contribution in [3.8, 4) is 0 Å². The Morgan fingerprint density at radius 1 is 1.05 bits per heavy atom. The van der Waals surface area contributed by atoms with E-state index in [2.05, 4.69) is 35.1 Å². The van der Waals surface area contributed by atoms with E-state index >= 15 is 0 Å². The van der Waals surface area contributed by atoms with Gasteiger partial charge in [-0.15, -0.1) is 0 Å². The minimum Gasteiger partial charge on any atom is -0.355 e. The normalized spacial score (nSPS) is 24.2. The third-order valence-corrected chi connectivity index (χ3v) is 6.85. The molecule has 0 bridgehead atoms. The first-order valence-electron chi connectivity index (χ1n) is 8.86. The Kier molecular flexibility index (Phi) is 6.16. The maximum Gasteiger partial charge on any atom is 0.226 e. The van der Waals surface area contributed by atoms with Crippen LogP contribution in [0.15, 0.2) is 0 Å². The summed E-state index contributed by atoms with van der Waals surface area (Å²) in [5.41, 5.74) is 0.252. The highest BCUT2D eigenvalue weighted by molar-refractivity contribution is 9.09. The molecule has 0 heterocycles. The van der Waals surface area contributed by atoms with E-state index in [-0.39, 0.29) is 5.41 Å². The van der Waals surface area contributed by atoms with Crippen LogP contribution >= 0.6 is 15.9 Å². The summed E-state index contributed by atoms with van der Waals surface area (Å²) < 4.78 is 0. The van der Waals surface area contributed by atoms with Gasteiger partial charge in [0.2, 0.25) is 5.91 Å². The van der Waals surface area contributed by atoms with Gasteiger partial charge in [0.25, 0.3) is 0 Å². The van der Waals surface area contributed by atoms with Crippen LogP contribution in [0, 0.1) is 16.7 Å². The number of hydrogen-bond donors (Lipinski definition) is 1. The summed E-state index contributed by atoms with van der Waals surface area (Å²) in [6.07, 6.45) is 12.2. The van der Waals surface area contributed by atoms with Crippen molar-refractivity contribution < 1.29 is 4.79 Å². The van der Waals surface area contributed by atoms with Crippen LogP contribution < -0.4 is 5.32 Å². The van der Waals surface area contributed by atoms with Gasteiger partial charge in [-0.05, 0) is 43.4 Å². The third kappa shape index (κ3) is 4.24. The fourth-order valence-electron chi connectivity index (χ4n) is 4.47. The lowest BCUT2D eigenvalue weighted by Gasteiger charge is -2.37. The van der Waals surface area contributed by atoms with Crippen molar-refractivity contribution in [2.75, 3.05) is 11.9 Å². The molecule has 2 nitrogen and oxygen atoms in total. The van der Waals surface area contributed by atoms with E-state index in [9.17, 15) is 4.79 Å². The fourth-order valence-corrected chi connectivity index (χ4v) is 5.23. The lowest BCUT2D eigenvalue weighted by Crippen LogP contribution is -2.46. The molecule has 21 heavy (non-hydrogen) atoms. The molecule has 3 heteroatoms. The van der Waals surface area contributed by atoms with Gasteiger partial charge in [0.05, 0.1) is 0 Å². The van der Waals surface area contributed by atoms with Crippen LogP contribution in [0.4, 0.5) is 0 Å². The van der Waals surface area contributed by atoms with E-state index in [1.54, 1.807) is 0 Å². The molecule has 0 spiro atoms. The van der Waals surface area contributed by atoms with E-state index in [4.69, 9.17) is 0 Å². The summed E-state index contributed by atoms with van der Waals surface area (Å²) >= 11 is 3.70. The zero-order chi connectivity index (χ0) is 15.3. The summed E-state index contributed by atoms with van der Waals surface area (Å²) in [5.74, 6) is 0.952. The second kappa shape index (κ2) is 7.48. The highest BCUT2D eigenvalue weighted by Gasteiger charge is 2.42. The first-order valence-corrected chi connectivity index (χ1v) is 9.98. The van der Waals surface area contributed by atoms with Gasteiger partial charge in [0.15, 0.2) is 0 Å². The van der Waals surface area contributed by atoms with E-state index in [0.717, 1.165) is 31.1 Å². The molecule has 1 N–H and O–H groups in total. The van der Waals surface area contributed by atoms with Gasteiger partial charge in [-0.1, -0.05) is 61.9 Å². The Morgan fingerprint density at radius 3 is 2.14 bits per heavy atom. The van der Waals surface area contributed by atoms with Gasteiger partial charge in [-0.3, -0.25) is 4.79 Å². The molecule has 0 atom stereocenters. The molecule has 0 aromatic rings. The topological polar surface area (TPSA) is 29.1 Å². The summed E-state index contributed by atoms with van der Waals surface area (Å²) in [6.45, 7) is 5.36. The van der Waals surface area contributed by atoms with E-state index in [1.807, 2.05) is 0 Å². The van der Waals surface area contributed by atoms with Crippen molar-refractivity contribution >= 4 is 21.8 Å². The van der Waals surface area contributed by atoms with Gasteiger partial charge in [-0.2, -0.15) is 0 Å². The molecule has 0 aromatic carbocycles.